The zero-order chi connectivity index (χ0) is 13.8. The van der Waals surface area contributed by atoms with Crippen LogP contribution in [0, 0.1) is 5.41 Å². The van der Waals surface area contributed by atoms with Gasteiger partial charge in [0.25, 0.3) is 0 Å². The molecule has 1 N–H and O–H groups in total. The molecule has 1 aliphatic rings. The van der Waals surface area contributed by atoms with Gasteiger partial charge in [-0.2, -0.15) is 0 Å². The molecule has 0 radical (unpaired) electrons. The average Bonchev–Trinajstić information content (AvgIpc) is 3.06. The number of allylic oxidation sites excluding steroid dienone is 2. The van der Waals surface area contributed by atoms with Crippen LogP contribution in [0.15, 0.2) is 33.9 Å². The molecule has 0 bridgehead atoms. The average molecular weight is 299 g/mol. The van der Waals surface area contributed by atoms with Crippen LogP contribution < -0.4 is 4.72 Å². The van der Waals surface area contributed by atoms with Gasteiger partial charge in [0.1, 0.15) is 4.21 Å². The highest BCUT2D eigenvalue weighted by molar-refractivity contribution is 7.91. The van der Waals surface area contributed by atoms with E-state index in [0.29, 0.717) is 10.8 Å². The summed E-state index contributed by atoms with van der Waals surface area (Å²) < 4.78 is 27.5. The summed E-state index contributed by atoms with van der Waals surface area (Å²) in [5.74, 6) is 0. The van der Waals surface area contributed by atoms with Crippen LogP contribution in [0.2, 0.25) is 0 Å². The molecule has 1 saturated carbocycles. The van der Waals surface area contributed by atoms with Crippen LogP contribution >= 0.6 is 11.3 Å². The van der Waals surface area contributed by atoms with Crippen molar-refractivity contribution in [3.63, 3.8) is 0 Å². The van der Waals surface area contributed by atoms with Crippen LogP contribution in [-0.2, 0) is 10.0 Å². The van der Waals surface area contributed by atoms with Crippen LogP contribution in [0.3, 0.4) is 0 Å². The molecule has 0 aromatic carbocycles. The molecule has 5 heteroatoms. The van der Waals surface area contributed by atoms with Crippen LogP contribution in [-0.4, -0.2) is 15.0 Å². The van der Waals surface area contributed by atoms with E-state index < -0.39 is 10.0 Å². The lowest BCUT2D eigenvalue weighted by Gasteiger charge is -2.27. The van der Waals surface area contributed by atoms with E-state index in [1.54, 1.807) is 17.5 Å². The third-order valence-corrected chi connectivity index (χ3v) is 6.65. The van der Waals surface area contributed by atoms with E-state index in [2.05, 4.69) is 10.8 Å². The Morgan fingerprint density at radius 3 is 2.74 bits per heavy atom. The van der Waals surface area contributed by atoms with Gasteiger partial charge in [-0.1, -0.05) is 31.1 Å². The summed E-state index contributed by atoms with van der Waals surface area (Å²) in [6.07, 6.45) is 9.82. The third-order valence-electron chi connectivity index (χ3n) is 3.85. The maximum Gasteiger partial charge on any atom is 0.250 e. The van der Waals surface area contributed by atoms with Gasteiger partial charge < -0.3 is 0 Å². The van der Waals surface area contributed by atoms with Gasteiger partial charge in [0.15, 0.2) is 0 Å². The van der Waals surface area contributed by atoms with E-state index in [1.165, 1.54) is 24.2 Å². The Balaban J connectivity index is 2.03. The maximum absolute atomic E-state index is 12.1. The van der Waals surface area contributed by atoms with Crippen molar-refractivity contribution in [2.45, 2.75) is 43.2 Å². The molecule has 0 amide bonds. The van der Waals surface area contributed by atoms with E-state index in [0.717, 1.165) is 19.3 Å². The lowest BCUT2D eigenvalue weighted by molar-refractivity contribution is 0.301. The summed E-state index contributed by atoms with van der Waals surface area (Å²) in [5.41, 5.74) is 0.122. The maximum atomic E-state index is 12.1. The van der Waals surface area contributed by atoms with E-state index in [1.807, 2.05) is 13.0 Å². The smallest absolute Gasteiger partial charge is 0.210 e. The summed E-state index contributed by atoms with van der Waals surface area (Å²) in [6, 6.07) is 3.42. The Labute approximate surface area is 119 Å². The molecule has 0 unspecified atom stereocenters. The zero-order valence-electron chi connectivity index (χ0n) is 11.3. The van der Waals surface area contributed by atoms with Gasteiger partial charge >= 0.3 is 0 Å². The van der Waals surface area contributed by atoms with Crippen molar-refractivity contribution in [2.24, 2.45) is 5.41 Å². The third kappa shape index (κ3) is 3.68. The first-order chi connectivity index (χ1) is 9.08. The summed E-state index contributed by atoms with van der Waals surface area (Å²) in [5, 5.41) is 1.79. The molecule has 2 rings (SSSR count). The highest BCUT2D eigenvalue weighted by atomic mass is 32.2. The van der Waals surface area contributed by atoms with Gasteiger partial charge in [-0.05, 0) is 43.0 Å². The lowest BCUT2D eigenvalue weighted by atomic mass is 9.83. The van der Waals surface area contributed by atoms with Gasteiger partial charge in [0.2, 0.25) is 10.0 Å². The van der Waals surface area contributed by atoms with Crippen LogP contribution in [0.4, 0.5) is 0 Å². The first kappa shape index (κ1) is 14.8. The van der Waals surface area contributed by atoms with E-state index in [-0.39, 0.29) is 5.41 Å². The van der Waals surface area contributed by atoms with Gasteiger partial charge in [-0.15, -0.1) is 11.3 Å². The van der Waals surface area contributed by atoms with Crippen LogP contribution in [0.1, 0.15) is 39.0 Å². The molecule has 106 valence electrons. The normalized spacial score (nSPS) is 19.2. The number of rotatable bonds is 6. The molecule has 1 aromatic rings. The molecular formula is C14H21NO2S2. The molecule has 0 atom stereocenters. The van der Waals surface area contributed by atoms with Gasteiger partial charge in [0.05, 0.1) is 0 Å². The highest BCUT2D eigenvalue weighted by Gasteiger charge is 2.34. The van der Waals surface area contributed by atoms with E-state index >= 15 is 0 Å². The first-order valence-corrected chi connectivity index (χ1v) is 9.09. The summed E-state index contributed by atoms with van der Waals surface area (Å²) in [6.45, 7) is 2.57. The van der Waals surface area contributed by atoms with Crippen molar-refractivity contribution in [3.05, 3.63) is 29.7 Å². The van der Waals surface area contributed by atoms with Crippen LogP contribution in [0.25, 0.3) is 0 Å². The topological polar surface area (TPSA) is 46.2 Å². The summed E-state index contributed by atoms with van der Waals surface area (Å²) in [7, 11) is -3.32. The van der Waals surface area contributed by atoms with Crippen molar-refractivity contribution >= 4 is 21.4 Å². The van der Waals surface area contributed by atoms with Gasteiger partial charge in [-0.25, -0.2) is 13.1 Å². The fourth-order valence-corrected chi connectivity index (χ4v) is 4.88. The number of thiophene rings is 1. The molecule has 0 aliphatic heterocycles. The Hall–Kier alpha value is -0.650. The predicted molar refractivity (Wildman–Crippen MR) is 79.8 cm³/mol. The number of nitrogens with one attached hydrogen (secondary N) is 1. The Morgan fingerprint density at radius 1 is 1.42 bits per heavy atom. The number of sulfonamides is 1. The second kappa shape index (κ2) is 6.20. The van der Waals surface area contributed by atoms with Crippen molar-refractivity contribution < 1.29 is 8.42 Å². The minimum Gasteiger partial charge on any atom is -0.210 e. The lowest BCUT2D eigenvalue weighted by Crippen LogP contribution is -2.35. The van der Waals surface area contributed by atoms with Gasteiger partial charge in [0, 0.05) is 6.54 Å². The monoisotopic (exact) mass is 299 g/mol. The van der Waals surface area contributed by atoms with E-state index in [9.17, 15) is 8.42 Å². The van der Waals surface area contributed by atoms with E-state index in [4.69, 9.17) is 0 Å². The fraction of sp³-hybridized carbons (Fsp3) is 0.571. The van der Waals surface area contributed by atoms with Crippen molar-refractivity contribution in [1.29, 1.82) is 0 Å². The standard InChI is InChI=1S/C14H21NO2S2/c1-2-3-8-14(9-4-5-10-14)12-15-19(16,17)13-7-6-11-18-13/h2-3,6-7,11,15H,4-5,8-10,12H2,1H3. The van der Waals surface area contributed by atoms with Crippen LogP contribution in [0.5, 0.6) is 0 Å². The quantitative estimate of drug-likeness (QED) is 0.816. The largest absolute Gasteiger partial charge is 0.250 e. The molecule has 3 nitrogen and oxygen atoms in total. The van der Waals surface area contributed by atoms with Crippen molar-refractivity contribution in [1.82, 2.24) is 4.72 Å². The number of hydrogen-bond acceptors (Lipinski definition) is 3. The molecule has 19 heavy (non-hydrogen) atoms. The Morgan fingerprint density at radius 2 is 2.16 bits per heavy atom. The molecule has 1 fully saturated rings. The Kier molecular flexibility index (Phi) is 4.81. The molecule has 1 aliphatic carbocycles. The minimum absolute atomic E-state index is 0.122. The second-order valence-corrected chi connectivity index (χ2v) is 8.18. The minimum atomic E-state index is -3.32. The first-order valence-electron chi connectivity index (χ1n) is 6.72. The second-order valence-electron chi connectivity index (χ2n) is 5.24. The van der Waals surface area contributed by atoms with Crippen molar-refractivity contribution in [3.8, 4) is 0 Å². The Bertz CT molecular complexity index is 512. The molecule has 1 aromatic heterocycles. The van der Waals surface area contributed by atoms with Gasteiger partial charge in [-0.3, -0.25) is 0 Å². The summed E-state index contributed by atoms with van der Waals surface area (Å²) >= 11 is 1.26. The molecule has 0 spiro atoms. The zero-order valence-corrected chi connectivity index (χ0v) is 12.9. The summed E-state index contributed by atoms with van der Waals surface area (Å²) in [4.78, 5) is 0. The van der Waals surface area contributed by atoms with Crippen molar-refractivity contribution in [2.75, 3.05) is 6.54 Å². The highest BCUT2D eigenvalue weighted by Crippen LogP contribution is 2.41. The predicted octanol–water partition coefficient (Wildman–Crippen LogP) is 3.55. The molecular weight excluding hydrogens is 278 g/mol. The fourth-order valence-electron chi connectivity index (χ4n) is 2.68. The molecule has 0 saturated heterocycles. The SMILES string of the molecule is CC=CCC1(CNS(=O)(=O)c2cccs2)CCCC1. The number of hydrogen-bond donors (Lipinski definition) is 1. The molecule has 1 heterocycles.